The Morgan fingerprint density at radius 3 is 2.50 bits per heavy atom. The predicted molar refractivity (Wildman–Crippen MR) is 126 cm³/mol. The molecular formula is C24H33F3N6O. The molecule has 0 spiro atoms. The van der Waals surface area contributed by atoms with Gasteiger partial charge < -0.3 is 15.5 Å². The SMILES string of the molecule is Cc1nc(NC[C@H]2CC[C@H](Cn3cc(C(F)(F)F)cn3)CC2)cc2c1NC(=O)C(C(C)C)N2C. The summed E-state index contributed by atoms with van der Waals surface area (Å²) in [5.74, 6) is 1.79. The number of hydrogen-bond acceptors (Lipinski definition) is 5. The van der Waals surface area contributed by atoms with Crippen molar-refractivity contribution in [3.8, 4) is 0 Å². The first kappa shape index (κ1) is 24.3. The zero-order chi connectivity index (χ0) is 24.6. The predicted octanol–water partition coefficient (Wildman–Crippen LogP) is 4.94. The minimum absolute atomic E-state index is 0.00268. The third kappa shape index (κ3) is 5.15. The van der Waals surface area contributed by atoms with Crippen LogP contribution in [0.2, 0.25) is 0 Å². The summed E-state index contributed by atoms with van der Waals surface area (Å²) < 4.78 is 39.8. The molecule has 0 aromatic carbocycles. The fraction of sp³-hybridized carbons (Fsp3) is 0.625. The van der Waals surface area contributed by atoms with E-state index in [4.69, 9.17) is 0 Å². The molecule has 0 radical (unpaired) electrons. The molecule has 2 aliphatic rings. The lowest BCUT2D eigenvalue weighted by molar-refractivity contribution is -0.137. The zero-order valence-electron chi connectivity index (χ0n) is 20.1. The van der Waals surface area contributed by atoms with Crippen molar-refractivity contribution in [1.29, 1.82) is 0 Å². The molecule has 3 heterocycles. The first-order valence-corrected chi connectivity index (χ1v) is 11.9. The highest BCUT2D eigenvalue weighted by Gasteiger charge is 2.35. The largest absolute Gasteiger partial charge is 0.419 e. The monoisotopic (exact) mass is 478 g/mol. The molecule has 1 aliphatic carbocycles. The van der Waals surface area contributed by atoms with Gasteiger partial charge in [-0.25, -0.2) is 4.98 Å². The maximum absolute atomic E-state index is 12.8. The molecule has 10 heteroatoms. The molecule has 1 amide bonds. The Hall–Kier alpha value is -2.78. The van der Waals surface area contributed by atoms with Gasteiger partial charge >= 0.3 is 6.18 Å². The molecule has 0 saturated heterocycles. The molecular weight excluding hydrogens is 445 g/mol. The van der Waals surface area contributed by atoms with E-state index in [-0.39, 0.29) is 17.9 Å². The Kier molecular flexibility index (Phi) is 6.78. The zero-order valence-corrected chi connectivity index (χ0v) is 20.1. The van der Waals surface area contributed by atoms with Gasteiger partial charge in [-0.15, -0.1) is 0 Å². The number of aromatic nitrogens is 3. The van der Waals surface area contributed by atoms with E-state index in [1.165, 1.54) is 4.68 Å². The standard InChI is InChI=1S/C24H33F3N6O/c1-14(2)22-23(34)31-21-15(3)30-20(9-19(21)32(22)4)28-10-16-5-7-17(8-6-16)12-33-13-18(11-29-33)24(25,26)27/h9,11,13-14,16-17,22H,5-8,10,12H2,1-4H3,(H,28,30)(H,31,34)/t16-,17-,22?. The summed E-state index contributed by atoms with van der Waals surface area (Å²) in [7, 11) is 1.95. The van der Waals surface area contributed by atoms with Crippen molar-refractivity contribution in [1.82, 2.24) is 14.8 Å². The number of carbonyl (C=O) groups is 1. The summed E-state index contributed by atoms with van der Waals surface area (Å²) in [4.78, 5) is 19.2. The number of likely N-dealkylation sites (N-methyl/N-ethyl adjacent to an activating group) is 1. The number of nitrogens with zero attached hydrogens (tertiary/aromatic N) is 4. The average molecular weight is 479 g/mol. The van der Waals surface area contributed by atoms with Crippen LogP contribution in [0.5, 0.6) is 0 Å². The molecule has 1 unspecified atom stereocenters. The van der Waals surface area contributed by atoms with Crippen LogP contribution in [0.25, 0.3) is 0 Å². The number of aryl methyl sites for hydroxylation is 1. The van der Waals surface area contributed by atoms with Gasteiger partial charge in [-0.3, -0.25) is 9.48 Å². The summed E-state index contributed by atoms with van der Waals surface area (Å²) in [5.41, 5.74) is 1.82. The molecule has 7 nitrogen and oxygen atoms in total. The van der Waals surface area contributed by atoms with Gasteiger partial charge in [-0.05, 0) is 50.4 Å². The summed E-state index contributed by atoms with van der Waals surface area (Å²) in [6.45, 7) is 7.30. The fourth-order valence-corrected chi connectivity index (χ4v) is 5.19. The van der Waals surface area contributed by atoms with Crippen LogP contribution in [-0.4, -0.2) is 40.3 Å². The summed E-state index contributed by atoms with van der Waals surface area (Å²) >= 11 is 0. The highest BCUT2D eigenvalue weighted by Crippen LogP contribution is 2.37. The average Bonchev–Trinajstić information content (AvgIpc) is 3.23. The van der Waals surface area contributed by atoms with Gasteiger partial charge in [0.25, 0.3) is 0 Å². The highest BCUT2D eigenvalue weighted by atomic mass is 19.4. The molecule has 34 heavy (non-hydrogen) atoms. The lowest BCUT2D eigenvalue weighted by Gasteiger charge is -2.38. The number of anilines is 3. The lowest BCUT2D eigenvalue weighted by Crippen LogP contribution is -2.49. The van der Waals surface area contributed by atoms with Gasteiger partial charge in [0.15, 0.2) is 0 Å². The van der Waals surface area contributed by atoms with E-state index in [0.717, 1.165) is 67.5 Å². The van der Waals surface area contributed by atoms with Crippen molar-refractivity contribution >= 4 is 23.1 Å². The van der Waals surface area contributed by atoms with Gasteiger partial charge in [0, 0.05) is 32.4 Å². The third-order valence-electron chi connectivity index (χ3n) is 7.07. The summed E-state index contributed by atoms with van der Waals surface area (Å²) in [6, 6.07) is 1.78. The quantitative estimate of drug-likeness (QED) is 0.615. The molecule has 186 valence electrons. The number of carbonyl (C=O) groups excluding carboxylic acids is 1. The second-order valence-electron chi connectivity index (χ2n) is 9.99. The van der Waals surface area contributed by atoms with Crippen LogP contribution in [0.3, 0.4) is 0 Å². The molecule has 2 aromatic rings. The molecule has 1 fully saturated rings. The molecule has 1 aliphatic heterocycles. The van der Waals surface area contributed by atoms with E-state index in [2.05, 4.69) is 20.7 Å². The Bertz CT molecular complexity index is 1030. The van der Waals surface area contributed by atoms with E-state index in [1.54, 1.807) is 0 Å². The van der Waals surface area contributed by atoms with E-state index >= 15 is 0 Å². The normalized spacial score (nSPS) is 23.1. The molecule has 2 N–H and O–H groups in total. The summed E-state index contributed by atoms with van der Waals surface area (Å²) in [6.07, 6.45) is 1.61. The Balaban J connectivity index is 1.32. The van der Waals surface area contributed by atoms with Gasteiger partial charge in [0.2, 0.25) is 5.91 Å². The van der Waals surface area contributed by atoms with Crippen LogP contribution in [0.4, 0.5) is 30.4 Å². The maximum Gasteiger partial charge on any atom is 0.419 e. The second-order valence-corrected chi connectivity index (χ2v) is 9.99. The third-order valence-corrected chi connectivity index (χ3v) is 7.07. The smallest absolute Gasteiger partial charge is 0.370 e. The van der Waals surface area contributed by atoms with Crippen molar-refractivity contribution < 1.29 is 18.0 Å². The Morgan fingerprint density at radius 2 is 1.88 bits per heavy atom. The molecule has 1 atom stereocenters. The van der Waals surface area contributed by atoms with Crippen molar-refractivity contribution in [2.75, 3.05) is 29.1 Å². The number of alkyl halides is 3. The van der Waals surface area contributed by atoms with Crippen molar-refractivity contribution in [2.45, 2.75) is 65.2 Å². The van der Waals surface area contributed by atoms with Crippen molar-refractivity contribution in [3.63, 3.8) is 0 Å². The van der Waals surface area contributed by atoms with Crippen molar-refractivity contribution in [3.05, 3.63) is 29.7 Å². The number of fused-ring (bicyclic) bond motifs is 1. The van der Waals surface area contributed by atoms with Gasteiger partial charge in [-0.1, -0.05) is 13.8 Å². The van der Waals surface area contributed by atoms with Crippen molar-refractivity contribution in [2.24, 2.45) is 17.8 Å². The molecule has 4 rings (SSSR count). The number of nitrogens with one attached hydrogen (secondary N) is 2. The van der Waals surface area contributed by atoms with E-state index in [9.17, 15) is 18.0 Å². The van der Waals surface area contributed by atoms with Gasteiger partial charge in [0.05, 0.1) is 28.8 Å². The maximum atomic E-state index is 12.8. The fourth-order valence-electron chi connectivity index (χ4n) is 5.19. The minimum Gasteiger partial charge on any atom is -0.370 e. The Morgan fingerprint density at radius 1 is 1.21 bits per heavy atom. The molecule has 0 bridgehead atoms. The van der Waals surface area contributed by atoms with Gasteiger partial charge in [-0.2, -0.15) is 18.3 Å². The minimum atomic E-state index is -4.35. The lowest BCUT2D eigenvalue weighted by atomic mass is 9.82. The topological polar surface area (TPSA) is 75.1 Å². The van der Waals surface area contributed by atoms with E-state index < -0.39 is 11.7 Å². The Labute approximate surface area is 198 Å². The number of pyridine rings is 1. The number of halogens is 3. The summed E-state index contributed by atoms with van der Waals surface area (Å²) in [5, 5.41) is 10.4. The van der Waals surface area contributed by atoms with Crippen LogP contribution in [-0.2, 0) is 17.5 Å². The highest BCUT2D eigenvalue weighted by molar-refractivity contribution is 6.04. The van der Waals surface area contributed by atoms with E-state index in [0.29, 0.717) is 18.4 Å². The molecule has 2 aromatic heterocycles. The first-order valence-electron chi connectivity index (χ1n) is 11.9. The van der Waals surface area contributed by atoms with Crippen LogP contribution in [0.15, 0.2) is 18.5 Å². The van der Waals surface area contributed by atoms with Crippen LogP contribution in [0.1, 0.15) is 50.8 Å². The van der Waals surface area contributed by atoms with E-state index in [1.807, 2.05) is 38.8 Å². The number of hydrogen-bond donors (Lipinski definition) is 2. The van der Waals surface area contributed by atoms with Crippen LogP contribution < -0.4 is 15.5 Å². The number of amides is 1. The van der Waals surface area contributed by atoms with Crippen LogP contribution in [0, 0.1) is 24.7 Å². The number of rotatable bonds is 6. The van der Waals surface area contributed by atoms with Crippen LogP contribution >= 0.6 is 0 Å². The molecule has 1 saturated carbocycles. The second kappa shape index (κ2) is 9.46. The first-order chi connectivity index (χ1) is 16.0. The van der Waals surface area contributed by atoms with Gasteiger partial charge in [0.1, 0.15) is 11.9 Å².